The maximum Gasteiger partial charge on any atom is 0.307 e. The van der Waals surface area contributed by atoms with Gasteiger partial charge in [-0.15, -0.1) is 0 Å². The van der Waals surface area contributed by atoms with Crippen LogP contribution in [0.3, 0.4) is 0 Å². The molecular formula is C24H27NO7S. The molecule has 2 rings (SSSR count). The average Bonchev–Trinajstić information content (AvgIpc) is 2.79. The highest BCUT2D eigenvalue weighted by molar-refractivity contribution is 7.99. The first kappa shape index (κ1) is 25.9. The SMILES string of the molecule is CSC(Cc1ccc(OCC(OC(=O)CCC(=O)O)c2cccc(C)c2)cc1)C(=O)NC=O. The molecule has 176 valence electrons. The summed E-state index contributed by atoms with van der Waals surface area (Å²) >= 11 is 1.35. The number of carbonyl (C=O) groups excluding carboxylic acids is 3. The number of nitrogens with one attached hydrogen (secondary N) is 1. The normalized spacial score (nSPS) is 12.3. The molecule has 2 aromatic rings. The van der Waals surface area contributed by atoms with Crippen LogP contribution in [0.1, 0.15) is 35.6 Å². The first-order valence-corrected chi connectivity index (χ1v) is 11.6. The highest BCUT2D eigenvalue weighted by Crippen LogP contribution is 2.23. The predicted molar refractivity (Wildman–Crippen MR) is 124 cm³/mol. The van der Waals surface area contributed by atoms with Crippen molar-refractivity contribution in [2.75, 3.05) is 12.9 Å². The topological polar surface area (TPSA) is 119 Å². The molecule has 2 N–H and O–H groups in total. The third kappa shape index (κ3) is 8.97. The first-order chi connectivity index (χ1) is 15.8. The van der Waals surface area contributed by atoms with Gasteiger partial charge >= 0.3 is 11.9 Å². The molecule has 2 aromatic carbocycles. The fourth-order valence-corrected chi connectivity index (χ4v) is 3.68. The molecule has 0 saturated heterocycles. The molecule has 8 nitrogen and oxygen atoms in total. The van der Waals surface area contributed by atoms with E-state index in [1.54, 1.807) is 18.4 Å². The zero-order chi connectivity index (χ0) is 24.2. The molecule has 0 spiro atoms. The van der Waals surface area contributed by atoms with Crippen molar-refractivity contribution in [3.8, 4) is 5.75 Å². The third-order valence-electron chi connectivity index (χ3n) is 4.75. The van der Waals surface area contributed by atoms with Gasteiger partial charge in [-0.05, 0) is 42.9 Å². The molecule has 0 heterocycles. The van der Waals surface area contributed by atoms with E-state index in [4.69, 9.17) is 14.6 Å². The van der Waals surface area contributed by atoms with E-state index < -0.39 is 23.3 Å². The smallest absolute Gasteiger partial charge is 0.307 e. The molecule has 0 bridgehead atoms. The number of hydrogen-bond donors (Lipinski definition) is 2. The number of imide groups is 1. The summed E-state index contributed by atoms with van der Waals surface area (Å²) in [7, 11) is 0. The Morgan fingerprint density at radius 2 is 1.85 bits per heavy atom. The van der Waals surface area contributed by atoms with Crippen molar-refractivity contribution in [2.45, 2.75) is 37.5 Å². The Hall–Kier alpha value is -3.33. The van der Waals surface area contributed by atoms with Crippen molar-refractivity contribution in [3.63, 3.8) is 0 Å². The maximum absolute atomic E-state index is 12.1. The minimum Gasteiger partial charge on any atom is -0.489 e. The van der Waals surface area contributed by atoms with E-state index in [-0.39, 0.29) is 25.4 Å². The number of rotatable bonds is 13. The molecule has 0 saturated carbocycles. The Kier molecular flexibility index (Phi) is 10.4. The number of thioether (sulfide) groups is 1. The Morgan fingerprint density at radius 3 is 2.45 bits per heavy atom. The molecule has 0 aliphatic rings. The summed E-state index contributed by atoms with van der Waals surface area (Å²) in [6.07, 6.45) is 1.41. The number of amides is 2. The lowest BCUT2D eigenvalue weighted by atomic mass is 10.1. The lowest BCUT2D eigenvalue weighted by molar-refractivity contribution is -0.153. The van der Waals surface area contributed by atoms with E-state index in [1.807, 2.05) is 43.3 Å². The van der Waals surface area contributed by atoms with E-state index in [9.17, 15) is 19.2 Å². The second-order valence-corrected chi connectivity index (χ2v) is 8.34. The van der Waals surface area contributed by atoms with E-state index in [2.05, 4.69) is 5.32 Å². The summed E-state index contributed by atoms with van der Waals surface area (Å²) in [5.41, 5.74) is 2.64. The van der Waals surface area contributed by atoms with Gasteiger partial charge in [0.2, 0.25) is 12.3 Å². The van der Waals surface area contributed by atoms with Gasteiger partial charge in [0.25, 0.3) is 0 Å². The van der Waals surface area contributed by atoms with Gasteiger partial charge in [-0.3, -0.25) is 24.5 Å². The fraction of sp³-hybridized carbons (Fsp3) is 0.333. The van der Waals surface area contributed by atoms with E-state index in [0.717, 1.165) is 16.7 Å². The van der Waals surface area contributed by atoms with Gasteiger partial charge in [0.15, 0.2) is 6.10 Å². The molecule has 2 unspecified atom stereocenters. The van der Waals surface area contributed by atoms with Crippen molar-refractivity contribution in [1.29, 1.82) is 0 Å². The molecule has 9 heteroatoms. The van der Waals surface area contributed by atoms with Crippen LogP contribution in [-0.2, 0) is 30.3 Å². The molecular weight excluding hydrogens is 446 g/mol. The fourth-order valence-electron chi connectivity index (χ4n) is 3.04. The molecule has 0 aromatic heterocycles. The Morgan fingerprint density at radius 1 is 1.12 bits per heavy atom. The van der Waals surface area contributed by atoms with Crippen molar-refractivity contribution in [3.05, 3.63) is 65.2 Å². The van der Waals surface area contributed by atoms with Crippen LogP contribution in [0.4, 0.5) is 0 Å². The lowest BCUT2D eigenvalue weighted by Gasteiger charge is -2.19. The number of aryl methyl sites for hydroxylation is 1. The minimum absolute atomic E-state index is 0.0524. The summed E-state index contributed by atoms with van der Waals surface area (Å²) in [5.74, 6) is -1.47. The summed E-state index contributed by atoms with van der Waals surface area (Å²) in [6.45, 7) is 1.97. The van der Waals surface area contributed by atoms with Gasteiger partial charge in [0, 0.05) is 0 Å². The number of carbonyl (C=O) groups is 4. The van der Waals surface area contributed by atoms with Gasteiger partial charge in [-0.1, -0.05) is 42.0 Å². The maximum atomic E-state index is 12.1. The number of esters is 1. The zero-order valence-corrected chi connectivity index (χ0v) is 19.3. The number of carboxylic acid groups (broad SMARTS) is 1. The predicted octanol–water partition coefficient (Wildman–Crippen LogP) is 3.07. The van der Waals surface area contributed by atoms with Crippen molar-refractivity contribution < 1.29 is 33.8 Å². The van der Waals surface area contributed by atoms with Crippen LogP contribution >= 0.6 is 11.8 Å². The highest BCUT2D eigenvalue weighted by Gasteiger charge is 2.20. The van der Waals surface area contributed by atoms with Gasteiger partial charge in [0.05, 0.1) is 18.1 Å². The number of benzene rings is 2. The summed E-state index contributed by atoms with van der Waals surface area (Å²) in [4.78, 5) is 45.2. The van der Waals surface area contributed by atoms with E-state index >= 15 is 0 Å². The molecule has 0 radical (unpaired) electrons. The average molecular weight is 474 g/mol. The van der Waals surface area contributed by atoms with Crippen LogP contribution in [0.2, 0.25) is 0 Å². The van der Waals surface area contributed by atoms with E-state index in [1.165, 1.54) is 11.8 Å². The van der Waals surface area contributed by atoms with Crippen LogP contribution < -0.4 is 10.1 Å². The number of ether oxygens (including phenoxy) is 2. The summed E-state index contributed by atoms with van der Waals surface area (Å²) in [5, 5.41) is 10.6. The first-order valence-electron chi connectivity index (χ1n) is 10.3. The monoisotopic (exact) mass is 473 g/mol. The van der Waals surface area contributed by atoms with Crippen LogP contribution in [0.25, 0.3) is 0 Å². The van der Waals surface area contributed by atoms with Gasteiger partial charge in [-0.25, -0.2) is 0 Å². The molecule has 0 aliphatic carbocycles. The van der Waals surface area contributed by atoms with Crippen LogP contribution in [0.5, 0.6) is 5.75 Å². The molecule has 0 fully saturated rings. The second-order valence-electron chi connectivity index (χ2n) is 7.30. The van der Waals surface area contributed by atoms with E-state index in [0.29, 0.717) is 18.6 Å². The standard InChI is InChI=1S/C24H27NO7S/c1-16-4-3-5-18(12-16)20(32-23(29)11-10-22(27)28)14-31-19-8-6-17(7-9-19)13-21(33-2)24(30)25-15-26/h3-9,12,15,20-21H,10-11,13-14H2,1-2H3,(H,27,28)(H,25,26,30). The highest BCUT2D eigenvalue weighted by atomic mass is 32.2. The van der Waals surface area contributed by atoms with Gasteiger partial charge in [0.1, 0.15) is 12.4 Å². The van der Waals surface area contributed by atoms with Crippen molar-refractivity contribution in [2.24, 2.45) is 0 Å². The van der Waals surface area contributed by atoms with Gasteiger partial charge < -0.3 is 14.6 Å². The third-order valence-corrected chi connectivity index (χ3v) is 5.70. The number of hydrogen-bond acceptors (Lipinski definition) is 7. The Bertz CT molecular complexity index is 962. The summed E-state index contributed by atoms with van der Waals surface area (Å²) < 4.78 is 11.3. The molecule has 33 heavy (non-hydrogen) atoms. The minimum atomic E-state index is -1.07. The lowest BCUT2D eigenvalue weighted by Crippen LogP contribution is -2.32. The quantitative estimate of drug-likeness (QED) is 0.337. The van der Waals surface area contributed by atoms with Crippen LogP contribution in [0, 0.1) is 6.92 Å². The van der Waals surface area contributed by atoms with Crippen LogP contribution in [0.15, 0.2) is 48.5 Å². The Balaban J connectivity index is 2.03. The number of aliphatic carboxylic acids is 1. The zero-order valence-electron chi connectivity index (χ0n) is 18.5. The number of carboxylic acids is 1. The Labute approximate surface area is 196 Å². The van der Waals surface area contributed by atoms with Gasteiger partial charge in [-0.2, -0.15) is 11.8 Å². The summed E-state index contributed by atoms with van der Waals surface area (Å²) in [6, 6.07) is 14.6. The largest absolute Gasteiger partial charge is 0.489 e. The van der Waals surface area contributed by atoms with Crippen LogP contribution in [-0.4, -0.2) is 47.5 Å². The molecule has 0 aliphatic heterocycles. The second kappa shape index (κ2) is 13.3. The molecule has 2 amide bonds. The molecule has 2 atom stereocenters. The van der Waals surface area contributed by atoms with Crippen molar-refractivity contribution in [1.82, 2.24) is 5.32 Å². The van der Waals surface area contributed by atoms with Crippen molar-refractivity contribution >= 4 is 36.0 Å².